The average molecular weight is 449 g/mol. The molecule has 0 saturated carbocycles. The number of sulfonamides is 1. The summed E-state index contributed by atoms with van der Waals surface area (Å²) in [5.41, 5.74) is 0.683. The Balaban J connectivity index is 1.74. The zero-order valence-corrected chi connectivity index (χ0v) is 18.2. The van der Waals surface area contributed by atoms with Gasteiger partial charge in [-0.15, -0.1) is 0 Å². The van der Waals surface area contributed by atoms with Crippen molar-refractivity contribution in [2.75, 3.05) is 19.4 Å². The third-order valence-corrected chi connectivity index (χ3v) is 6.74. The molecule has 1 amide bonds. The van der Waals surface area contributed by atoms with Gasteiger partial charge in [0.1, 0.15) is 0 Å². The molecule has 1 aromatic heterocycles. The van der Waals surface area contributed by atoms with Gasteiger partial charge in [-0.2, -0.15) is 9.78 Å². The van der Waals surface area contributed by atoms with Gasteiger partial charge in [0.2, 0.25) is 10.0 Å². The van der Waals surface area contributed by atoms with Crippen LogP contribution >= 0.6 is 0 Å². The minimum Gasteiger partial charge on any atom is -0.321 e. The van der Waals surface area contributed by atoms with E-state index in [1.165, 1.54) is 43.0 Å². The Hall–Kier alpha value is -3.82. The Kier molecular flexibility index (Phi) is 5.60. The van der Waals surface area contributed by atoms with Gasteiger partial charge in [-0.3, -0.25) is 9.59 Å². The van der Waals surface area contributed by atoms with E-state index in [0.717, 1.165) is 4.31 Å². The molecule has 0 spiro atoms. The van der Waals surface area contributed by atoms with Gasteiger partial charge in [-0.25, -0.2) is 12.7 Å². The van der Waals surface area contributed by atoms with Crippen LogP contribution < -0.4 is 10.9 Å². The lowest BCUT2D eigenvalue weighted by molar-refractivity contribution is 0.102. The van der Waals surface area contributed by atoms with Crippen molar-refractivity contribution < 1.29 is 13.2 Å². The Morgan fingerprint density at radius 1 is 0.875 bits per heavy atom. The summed E-state index contributed by atoms with van der Waals surface area (Å²) in [5, 5.41) is 7.86. The first-order chi connectivity index (χ1) is 15.3. The number of nitrogens with one attached hydrogen (secondary N) is 1. The highest BCUT2D eigenvalue weighted by Crippen LogP contribution is 2.19. The molecular weight excluding hydrogens is 428 g/mol. The molecule has 0 fully saturated rings. The predicted octanol–water partition coefficient (Wildman–Crippen LogP) is 2.89. The first-order valence-electron chi connectivity index (χ1n) is 9.70. The van der Waals surface area contributed by atoms with Gasteiger partial charge in [0.05, 0.1) is 16.0 Å². The first kappa shape index (κ1) is 21.4. The van der Waals surface area contributed by atoms with Crippen LogP contribution in [-0.4, -0.2) is 42.5 Å². The SMILES string of the molecule is CN(C)S(=O)(=O)c1ccc(NC(=O)c2nn(-c3ccccc3)c(=O)c3ccccc23)cc1. The summed E-state index contributed by atoms with van der Waals surface area (Å²) in [7, 11) is -0.678. The molecule has 0 aliphatic rings. The lowest BCUT2D eigenvalue weighted by atomic mass is 10.1. The fourth-order valence-corrected chi connectivity index (χ4v) is 4.11. The van der Waals surface area contributed by atoms with Crippen LogP contribution in [0.5, 0.6) is 0 Å². The molecule has 162 valence electrons. The van der Waals surface area contributed by atoms with Gasteiger partial charge in [0.25, 0.3) is 11.5 Å². The molecule has 8 nitrogen and oxygen atoms in total. The zero-order chi connectivity index (χ0) is 22.9. The second kappa shape index (κ2) is 8.37. The van der Waals surface area contributed by atoms with Gasteiger partial charge in [0.15, 0.2) is 5.69 Å². The molecule has 0 aliphatic heterocycles. The monoisotopic (exact) mass is 448 g/mol. The molecule has 1 N–H and O–H groups in total. The maximum absolute atomic E-state index is 13.1. The number of para-hydroxylation sites is 1. The molecule has 4 rings (SSSR count). The number of fused-ring (bicyclic) bond motifs is 1. The summed E-state index contributed by atoms with van der Waals surface area (Å²) in [6, 6.07) is 21.5. The normalized spacial score (nSPS) is 11.6. The van der Waals surface area contributed by atoms with Crippen molar-refractivity contribution in [3.63, 3.8) is 0 Å². The standard InChI is InChI=1S/C23H20N4O4S/c1-26(2)32(30,31)18-14-12-16(13-15-18)24-22(28)21-19-10-6-7-11-20(19)23(29)27(25-21)17-8-4-3-5-9-17/h3-15H,1-2H3,(H,24,28). The van der Waals surface area contributed by atoms with Crippen LogP contribution in [0.1, 0.15) is 10.5 Å². The van der Waals surface area contributed by atoms with Crippen LogP contribution in [0.25, 0.3) is 16.5 Å². The molecule has 1 heterocycles. The predicted molar refractivity (Wildman–Crippen MR) is 123 cm³/mol. The van der Waals surface area contributed by atoms with Gasteiger partial charge in [0, 0.05) is 25.2 Å². The molecule has 3 aromatic carbocycles. The number of aromatic nitrogens is 2. The van der Waals surface area contributed by atoms with Crippen LogP contribution in [0.15, 0.2) is 88.6 Å². The number of rotatable bonds is 5. The molecule has 0 radical (unpaired) electrons. The Bertz CT molecular complexity index is 1460. The van der Waals surface area contributed by atoms with Crippen LogP contribution in [0.3, 0.4) is 0 Å². The summed E-state index contributed by atoms with van der Waals surface area (Å²) in [4.78, 5) is 26.2. The lowest BCUT2D eigenvalue weighted by Crippen LogP contribution is -2.26. The van der Waals surface area contributed by atoms with Gasteiger partial charge in [-0.1, -0.05) is 36.4 Å². The van der Waals surface area contributed by atoms with Crippen molar-refractivity contribution in [2.45, 2.75) is 4.90 Å². The van der Waals surface area contributed by atoms with Crippen molar-refractivity contribution in [1.29, 1.82) is 0 Å². The van der Waals surface area contributed by atoms with E-state index in [4.69, 9.17) is 0 Å². The lowest BCUT2D eigenvalue weighted by Gasteiger charge is -2.13. The number of carbonyl (C=O) groups excluding carboxylic acids is 1. The molecule has 32 heavy (non-hydrogen) atoms. The third kappa shape index (κ3) is 3.91. The van der Waals surface area contributed by atoms with Crippen LogP contribution in [0.4, 0.5) is 5.69 Å². The number of amides is 1. The van der Waals surface area contributed by atoms with E-state index in [1.54, 1.807) is 48.5 Å². The van der Waals surface area contributed by atoms with E-state index in [9.17, 15) is 18.0 Å². The second-order valence-electron chi connectivity index (χ2n) is 7.21. The van der Waals surface area contributed by atoms with Crippen LogP contribution in [0, 0.1) is 0 Å². The van der Waals surface area contributed by atoms with Crippen molar-refractivity contribution in [3.8, 4) is 5.69 Å². The largest absolute Gasteiger partial charge is 0.321 e. The molecule has 4 aromatic rings. The molecule has 0 aliphatic carbocycles. The number of benzene rings is 3. The number of carbonyl (C=O) groups is 1. The number of anilines is 1. The van der Waals surface area contributed by atoms with E-state index in [0.29, 0.717) is 22.1 Å². The maximum Gasteiger partial charge on any atom is 0.279 e. The van der Waals surface area contributed by atoms with Gasteiger partial charge < -0.3 is 5.32 Å². The smallest absolute Gasteiger partial charge is 0.279 e. The Labute approximate surface area is 184 Å². The minimum absolute atomic E-state index is 0.0778. The van der Waals surface area contributed by atoms with Crippen LogP contribution in [-0.2, 0) is 10.0 Å². The molecule has 0 atom stereocenters. The summed E-state index contributed by atoms with van der Waals surface area (Å²) < 4.78 is 26.8. The topological polar surface area (TPSA) is 101 Å². The highest BCUT2D eigenvalue weighted by Gasteiger charge is 2.19. The van der Waals surface area contributed by atoms with E-state index in [-0.39, 0.29) is 16.1 Å². The van der Waals surface area contributed by atoms with E-state index >= 15 is 0 Å². The highest BCUT2D eigenvalue weighted by molar-refractivity contribution is 7.89. The number of hydrogen-bond donors (Lipinski definition) is 1. The average Bonchev–Trinajstić information content (AvgIpc) is 2.80. The summed E-state index contributed by atoms with van der Waals surface area (Å²) in [5.74, 6) is -0.519. The van der Waals surface area contributed by atoms with Crippen molar-refractivity contribution in [1.82, 2.24) is 14.1 Å². The third-order valence-electron chi connectivity index (χ3n) is 4.91. The van der Waals surface area contributed by atoms with Crippen molar-refractivity contribution in [2.24, 2.45) is 0 Å². The number of nitrogens with zero attached hydrogens (tertiary/aromatic N) is 3. The molecule has 0 bridgehead atoms. The summed E-state index contributed by atoms with van der Waals surface area (Å²) in [6.45, 7) is 0. The van der Waals surface area contributed by atoms with Crippen molar-refractivity contribution in [3.05, 3.63) is 94.9 Å². The molecule has 9 heteroatoms. The molecule has 0 saturated heterocycles. The van der Waals surface area contributed by atoms with Crippen molar-refractivity contribution >= 4 is 32.4 Å². The minimum atomic E-state index is -3.57. The maximum atomic E-state index is 13.1. The number of hydrogen-bond acceptors (Lipinski definition) is 5. The van der Waals surface area contributed by atoms with Gasteiger partial charge in [-0.05, 0) is 42.5 Å². The Morgan fingerprint density at radius 2 is 1.47 bits per heavy atom. The summed E-state index contributed by atoms with van der Waals surface area (Å²) >= 11 is 0. The van der Waals surface area contributed by atoms with Gasteiger partial charge >= 0.3 is 0 Å². The fraction of sp³-hybridized carbons (Fsp3) is 0.0870. The van der Waals surface area contributed by atoms with Crippen LogP contribution in [0.2, 0.25) is 0 Å². The highest BCUT2D eigenvalue weighted by atomic mass is 32.2. The second-order valence-corrected chi connectivity index (χ2v) is 9.36. The quantitative estimate of drug-likeness (QED) is 0.506. The van der Waals surface area contributed by atoms with E-state index < -0.39 is 15.9 Å². The molecule has 0 unspecified atom stereocenters. The fourth-order valence-electron chi connectivity index (χ4n) is 3.21. The summed E-state index contributed by atoms with van der Waals surface area (Å²) in [6.07, 6.45) is 0. The van der Waals surface area contributed by atoms with E-state index in [1.807, 2.05) is 6.07 Å². The molecular formula is C23H20N4O4S. The first-order valence-corrected chi connectivity index (χ1v) is 11.1. The van der Waals surface area contributed by atoms with E-state index in [2.05, 4.69) is 10.4 Å². The Morgan fingerprint density at radius 3 is 2.09 bits per heavy atom. The zero-order valence-electron chi connectivity index (χ0n) is 17.4.